The molecule has 0 saturated carbocycles. The zero-order valence-electron chi connectivity index (χ0n) is 5.87. The number of carbonyl (C=O) groups is 1. The monoisotopic (exact) mass is 164 g/mol. The normalized spacial score (nSPS) is 13.5. The number of esters is 1. The molecule has 0 saturated heterocycles. The van der Waals surface area contributed by atoms with Gasteiger partial charge in [0.05, 0.1) is 6.61 Å². The van der Waals surface area contributed by atoms with E-state index in [4.69, 9.17) is 11.6 Å². The summed E-state index contributed by atoms with van der Waals surface area (Å²) in [5, 5.41) is 6.69. The molecule has 10 heavy (non-hydrogen) atoms. The number of hydrogen-bond donors (Lipinski definition) is 0. The molecule has 1 unspecified atom stereocenters. The first-order valence-electron chi connectivity index (χ1n) is 2.82. The maximum absolute atomic E-state index is 10.6. The van der Waals surface area contributed by atoms with Gasteiger partial charge in [-0.25, -0.2) is 4.79 Å². The molecule has 0 spiro atoms. The van der Waals surface area contributed by atoms with Crippen LogP contribution in [0.15, 0.2) is 10.2 Å². The number of halogens is 1. The molecule has 0 rings (SSSR count). The van der Waals surface area contributed by atoms with E-state index in [-0.39, 0.29) is 0 Å². The maximum Gasteiger partial charge on any atom is 0.348 e. The van der Waals surface area contributed by atoms with E-state index in [1.165, 1.54) is 7.05 Å². The third-order valence-electron chi connectivity index (χ3n) is 0.698. The Morgan fingerprint density at radius 3 is 2.80 bits per heavy atom. The third kappa shape index (κ3) is 3.40. The van der Waals surface area contributed by atoms with Gasteiger partial charge in [-0.3, -0.25) is 0 Å². The van der Waals surface area contributed by atoms with Crippen LogP contribution in [0.4, 0.5) is 0 Å². The Bertz CT molecular complexity index is 138. The smallest absolute Gasteiger partial charge is 0.348 e. The Morgan fingerprint density at radius 2 is 2.40 bits per heavy atom. The minimum atomic E-state index is -0.995. The number of alkyl halides is 1. The molecule has 4 nitrogen and oxygen atoms in total. The van der Waals surface area contributed by atoms with Crippen molar-refractivity contribution < 1.29 is 9.53 Å². The Morgan fingerprint density at radius 1 is 1.80 bits per heavy atom. The Balaban J connectivity index is 3.70. The molecule has 0 N–H and O–H groups in total. The highest BCUT2D eigenvalue weighted by molar-refractivity contribution is 6.29. The fourth-order valence-corrected chi connectivity index (χ4v) is 0.510. The summed E-state index contributed by atoms with van der Waals surface area (Å²) in [4.78, 5) is 10.6. The molecule has 0 amide bonds. The average Bonchev–Trinajstić information content (AvgIpc) is 1.89. The van der Waals surface area contributed by atoms with E-state index in [2.05, 4.69) is 15.0 Å². The fourth-order valence-electron chi connectivity index (χ4n) is 0.360. The lowest BCUT2D eigenvalue weighted by Crippen LogP contribution is -2.14. The van der Waals surface area contributed by atoms with Crippen molar-refractivity contribution in [2.45, 2.75) is 12.4 Å². The Hall–Kier alpha value is -0.640. The van der Waals surface area contributed by atoms with Crippen molar-refractivity contribution >= 4 is 17.6 Å². The van der Waals surface area contributed by atoms with Crippen molar-refractivity contribution in [2.75, 3.05) is 13.7 Å². The van der Waals surface area contributed by atoms with Gasteiger partial charge in [0, 0.05) is 7.05 Å². The lowest BCUT2D eigenvalue weighted by Gasteiger charge is -2.00. The summed E-state index contributed by atoms with van der Waals surface area (Å²) >= 11 is 5.38. The SMILES string of the molecule is CCOC(=O)C(Cl)N=NC. The zero-order chi connectivity index (χ0) is 7.98. The zero-order valence-corrected chi connectivity index (χ0v) is 6.63. The second kappa shape index (κ2) is 5.17. The van der Waals surface area contributed by atoms with Gasteiger partial charge in [-0.2, -0.15) is 10.2 Å². The van der Waals surface area contributed by atoms with E-state index >= 15 is 0 Å². The molecule has 0 bridgehead atoms. The van der Waals surface area contributed by atoms with Crippen LogP contribution in [0.1, 0.15) is 6.92 Å². The number of carbonyl (C=O) groups excluding carboxylic acids is 1. The molecule has 0 aliphatic carbocycles. The number of nitrogens with zero attached hydrogens (tertiary/aromatic N) is 2. The predicted molar refractivity (Wildman–Crippen MR) is 37.1 cm³/mol. The van der Waals surface area contributed by atoms with Gasteiger partial charge in [0.2, 0.25) is 5.50 Å². The molecule has 1 atom stereocenters. The molecule has 0 aliphatic heterocycles. The first-order chi connectivity index (χ1) is 4.72. The third-order valence-corrected chi connectivity index (χ3v) is 0.963. The van der Waals surface area contributed by atoms with Gasteiger partial charge in [-0.05, 0) is 6.92 Å². The van der Waals surface area contributed by atoms with Crippen LogP contribution in [0.25, 0.3) is 0 Å². The van der Waals surface area contributed by atoms with Crippen LogP contribution >= 0.6 is 11.6 Å². The lowest BCUT2D eigenvalue weighted by atomic mass is 10.7. The summed E-state index contributed by atoms with van der Waals surface area (Å²) < 4.78 is 4.53. The van der Waals surface area contributed by atoms with Crippen LogP contribution in [0.2, 0.25) is 0 Å². The summed E-state index contributed by atoms with van der Waals surface area (Å²) in [7, 11) is 1.44. The van der Waals surface area contributed by atoms with Gasteiger partial charge in [-0.15, -0.1) is 0 Å². The van der Waals surface area contributed by atoms with E-state index < -0.39 is 11.5 Å². The first kappa shape index (κ1) is 9.36. The number of azo groups is 1. The van der Waals surface area contributed by atoms with Gasteiger partial charge < -0.3 is 4.74 Å². The van der Waals surface area contributed by atoms with Crippen LogP contribution in [-0.4, -0.2) is 25.1 Å². The molecule has 0 heterocycles. The molecule has 58 valence electrons. The summed E-state index contributed by atoms with van der Waals surface area (Å²) in [6.07, 6.45) is 0. The maximum atomic E-state index is 10.6. The second-order valence-electron chi connectivity index (χ2n) is 1.40. The van der Waals surface area contributed by atoms with E-state index in [0.29, 0.717) is 6.61 Å². The van der Waals surface area contributed by atoms with Crippen molar-refractivity contribution in [3.63, 3.8) is 0 Å². The second-order valence-corrected chi connectivity index (χ2v) is 1.82. The molecule has 0 aromatic carbocycles. The first-order valence-corrected chi connectivity index (χ1v) is 3.25. The highest BCUT2D eigenvalue weighted by atomic mass is 35.5. The van der Waals surface area contributed by atoms with Crippen molar-refractivity contribution in [2.24, 2.45) is 10.2 Å². The van der Waals surface area contributed by atoms with Crippen LogP contribution < -0.4 is 0 Å². The summed E-state index contributed by atoms with van der Waals surface area (Å²) in [5.74, 6) is -0.560. The van der Waals surface area contributed by atoms with E-state index in [9.17, 15) is 4.79 Å². The number of hydrogen-bond acceptors (Lipinski definition) is 4. The van der Waals surface area contributed by atoms with Crippen molar-refractivity contribution in [1.29, 1.82) is 0 Å². The summed E-state index contributed by atoms with van der Waals surface area (Å²) in [5.41, 5.74) is -0.995. The van der Waals surface area contributed by atoms with Crippen molar-refractivity contribution in [1.82, 2.24) is 0 Å². The van der Waals surface area contributed by atoms with Crippen molar-refractivity contribution in [3.05, 3.63) is 0 Å². The van der Waals surface area contributed by atoms with Gasteiger partial charge in [0.1, 0.15) is 0 Å². The summed E-state index contributed by atoms with van der Waals surface area (Å²) in [6.45, 7) is 2.01. The van der Waals surface area contributed by atoms with Crippen molar-refractivity contribution in [3.8, 4) is 0 Å². The van der Waals surface area contributed by atoms with E-state index in [1.54, 1.807) is 6.92 Å². The lowest BCUT2D eigenvalue weighted by molar-refractivity contribution is -0.142. The standard InChI is InChI=1S/C5H9ClN2O2/c1-3-10-5(9)4(6)8-7-2/h4H,3H2,1-2H3. The van der Waals surface area contributed by atoms with Gasteiger partial charge in [0.15, 0.2) is 0 Å². The molecular weight excluding hydrogens is 156 g/mol. The van der Waals surface area contributed by atoms with E-state index in [0.717, 1.165) is 0 Å². The highest BCUT2D eigenvalue weighted by Gasteiger charge is 2.13. The predicted octanol–water partition coefficient (Wildman–Crippen LogP) is 1.20. The molecular formula is C5H9ClN2O2. The summed E-state index contributed by atoms with van der Waals surface area (Å²) in [6, 6.07) is 0. The molecule has 0 aromatic heterocycles. The van der Waals surface area contributed by atoms with Crippen LogP contribution in [0, 0.1) is 0 Å². The molecule has 0 radical (unpaired) electrons. The topological polar surface area (TPSA) is 51.0 Å². The van der Waals surface area contributed by atoms with Crippen LogP contribution in [0.5, 0.6) is 0 Å². The quantitative estimate of drug-likeness (QED) is 0.272. The molecule has 5 heteroatoms. The molecule has 0 aliphatic rings. The van der Waals surface area contributed by atoms with Gasteiger partial charge >= 0.3 is 5.97 Å². The highest BCUT2D eigenvalue weighted by Crippen LogP contribution is 2.00. The van der Waals surface area contributed by atoms with E-state index in [1.807, 2.05) is 0 Å². The largest absolute Gasteiger partial charge is 0.463 e. The fraction of sp³-hybridized carbons (Fsp3) is 0.800. The van der Waals surface area contributed by atoms with Crippen LogP contribution in [0.3, 0.4) is 0 Å². The van der Waals surface area contributed by atoms with Gasteiger partial charge in [-0.1, -0.05) is 11.6 Å². The average molecular weight is 165 g/mol. The van der Waals surface area contributed by atoms with Gasteiger partial charge in [0.25, 0.3) is 0 Å². The Kier molecular flexibility index (Phi) is 4.84. The number of rotatable bonds is 3. The minimum absolute atomic E-state index is 0.307. The molecule has 0 aromatic rings. The number of ether oxygens (including phenoxy) is 1. The minimum Gasteiger partial charge on any atom is -0.463 e. The Labute approximate surface area is 64.2 Å². The van der Waals surface area contributed by atoms with Crippen LogP contribution in [-0.2, 0) is 9.53 Å². The molecule has 0 fully saturated rings.